The maximum absolute atomic E-state index is 5.12. The normalized spacial score (nSPS) is 11.3. The Morgan fingerprint density at radius 3 is 1.44 bits per heavy atom. The minimum absolute atomic E-state index is 0.697. The summed E-state index contributed by atoms with van der Waals surface area (Å²) in [6.45, 7) is 0. The molecule has 0 aliphatic rings. The Balaban J connectivity index is 1.14. The van der Waals surface area contributed by atoms with E-state index < -0.39 is 0 Å². The molecule has 0 atom stereocenters. The maximum atomic E-state index is 5.12. The van der Waals surface area contributed by atoms with Crippen LogP contribution < -0.4 is 0 Å². The van der Waals surface area contributed by atoms with E-state index in [1.165, 1.54) is 37.9 Å². The first-order valence-electron chi connectivity index (χ1n) is 16.2. The van der Waals surface area contributed by atoms with Crippen molar-refractivity contribution in [2.45, 2.75) is 0 Å². The zero-order valence-corrected chi connectivity index (χ0v) is 26.1. The molecule has 7 aromatic carbocycles. The van der Waals surface area contributed by atoms with Crippen molar-refractivity contribution in [2.24, 2.45) is 0 Å². The molecule has 0 unspecified atom stereocenters. The van der Waals surface area contributed by atoms with Gasteiger partial charge in [-0.2, -0.15) is 0 Å². The van der Waals surface area contributed by atoms with Crippen molar-refractivity contribution < 1.29 is 0 Å². The fourth-order valence-electron chi connectivity index (χ4n) is 6.78. The highest BCUT2D eigenvalue weighted by Crippen LogP contribution is 2.37. The van der Waals surface area contributed by atoms with Crippen LogP contribution in [0.3, 0.4) is 0 Å². The molecule has 9 rings (SSSR count). The third-order valence-corrected chi connectivity index (χ3v) is 9.19. The second kappa shape index (κ2) is 11.7. The monoisotopic (exact) mass is 611 g/mol. The van der Waals surface area contributed by atoms with Crippen LogP contribution in [-0.4, -0.2) is 15.0 Å². The number of benzene rings is 7. The minimum atomic E-state index is 0.697. The lowest BCUT2D eigenvalue weighted by molar-refractivity contribution is 1.18. The first-order valence-corrected chi connectivity index (χ1v) is 16.2. The van der Waals surface area contributed by atoms with Crippen LogP contribution in [0.15, 0.2) is 176 Å². The van der Waals surface area contributed by atoms with Gasteiger partial charge in [0.1, 0.15) is 0 Å². The molecule has 0 saturated heterocycles. The number of pyridine rings is 1. The van der Waals surface area contributed by atoms with Crippen LogP contribution in [0.25, 0.3) is 88.5 Å². The molecule has 3 heteroatoms. The van der Waals surface area contributed by atoms with Crippen molar-refractivity contribution in [3.8, 4) is 56.2 Å². The Hall–Kier alpha value is -6.45. The van der Waals surface area contributed by atoms with E-state index in [0.717, 1.165) is 44.8 Å². The van der Waals surface area contributed by atoms with Gasteiger partial charge in [-0.15, -0.1) is 0 Å². The SMILES string of the molecule is c1ccc(-c2cc(-c3cccc(-c4ccncc4)c3)nc(-c3ccc(-c4ccc5c6ccccc6c6ccccc6c5c4)cc3)n2)cc1. The van der Waals surface area contributed by atoms with Gasteiger partial charge in [-0.25, -0.2) is 9.97 Å². The van der Waals surface area contributed by atoms with E-state index in [-0.39, 0.29) is 0 Å². The number of rotatable bonds is 5. The fourth-order valence-corrected chi connectivity index (χ4v) is 6.78. The summed E-state index contributed by atoms with van der Waals surface area (Å²) < 4.78 is 0. The van der Waals surface area contributed by atoms with Gasteiger partial charge in [0.25, 0.3) is 0 Å². The van der Waals surface area contributed by atoms with Gasteiger partial charge < -0.3 is 0 Å². The van der Waals surface area contributed by atoms with Crippen molar-refractivity contribution in [2.75, 3.05) is 0 Å². The summed E-state index contributed by atoms with van der Waals surface area (Å²) >= 11 is 0. The van der Waals surface area contributed by atoms with Gasteiger partial charge >= 0.3 is 0 Å². The first kappa shape index (κ1) is 27.8. The number of nitrogens with zero attached hydrogens (tertiary/aromatic N) is 3. The van der Waals surface area contributed by atoms with E-state index in [2.05, 4.69) is 138 Å². The van der Waals surface area contributed by atoms with Crippen molar-refractivity contribution in [1.82, 2.24) is 15.0 Å². The highest BCUT2D eigenvalue weighted by Gasteiger charge is 2.13. The zero-order valence-electron chi connectivity index (χ0n) is 26.1. The Morgan fingerprint density at radius 1 is 0.271 bits per heavy atom. The molecule has 0 bridgehead atoms. The average molecular weight is 612 g/mol. The summed E-state index contributed by atoms with van der Waals surface area (Å²) in [5.74, 6) is 0.697. The summed E-state index contributed by atoms with van der Waals surface area (Å²) in [5.41, 5.74) is 9.42. The second-order valence-corrected chi connectivity index (χ2v) is 12.1. The summed E-state index contributed by atoms with van der Waals surface area (Å²) in [7, 11) is 0. The molecule has 0 fully saturated rings. The predicted molar refractivity (Wildman–Crippen MR) is 200 cm³/mol. The highest BCUT2D eigenvalue weighted by molar-refractivity contribution is 6.25. The van der Waals surface area contributed by atoms with Gasteiger partial charge in [0.15, 0.2) is 5.82 Å². The van der Waals surface area contributed by atoms with Gasteiger partial charge in [-0.3, -0.25) is 4.98 Å². The number of hydrogen-bond acceptors (Lipinski definition) is 3. The van der Waals surface area contributed by atoms with E-state index in [1.54, 1.807) is 0 Å². The Morgan fingerprint density at radius 2 is 0.750 bits per heavy atom. The lowest BCUT2D eigenvalue weighted by atomic mass is 9.92. The lowest BCUT2D eigenvalue weighted by Gasteiger charge is -2.13. The van der Waals surface area contributed by atoms with Crippen LogP contribution in [0.4, 0.5) is 0 Å². The molecule has 0 radical (unpaired) electrons. The van der Waals surface area contributed by atoms with Crippen LogP contribution in [0.5, 0.6) is 0 Å². The largest absolute Gasteiger partial charge is 0.265 e. The van der Waals surface area contributed by atoms with Crippen molar-refractivity contribution in [1.29, 1.82) is 0 Å². The quantitative estimate of drug-likeness (QED) is 0.182. The van der Waals surface area contributed by atoms with Crippen LogP contribution in [0.2, 0.25) is 0 Å². The maximum Gasteiger partial charge on any atom is 0.160 e. The molecule has 2 heterocycles. The van der Waals surface area contributed by atoms with E-state index in [1.807, 2.05) is 42.7 Å². The van der Waals surface area contributed by atoms with Crippen LogP contribution >= 0.6 is 0 Å². The Kier molecular flexibility index (Phi) is 6.80. The Bertz CT molecular complexity index is 2560. The molecule has 48 heavy (non-hydrogen) atoms. The summed E-state index contributed by atoms with van der Waals surface area (Å²) in [5, 5.41) is 7.67. The summed E-state index contributed by atoms with van der Waals surface area (Å²) in [6.07, 6.45) is 3.65. The summed E-state index contributed by atoms with van der Waals surface area (Å²) in [4.78, 5) is 14.4. The molecule has 0 aliphatic heterocycles. The minimum Gasteiger partial charge on any atom is -0.265 e. The zero-order chi connectivity index (χ0) is 31.9. The predicted octanol–water partition coefficient (Wildman–Crippen LogP) is 11.7. The number of fused-ring (bicyclic) bond motifs is 6. The third kappa shape index (κ3) is 4.99. The third-order valence-electron chi connectivity index (χ3n) is 9.19. The molecule has 3 nitrogen and oxygen atoms in total. The molecular formula is C45H29N3. The highest BCUT2D eigenvalue weighted by atomic mass is 14.9. The van der Waals surface area contributed by atoms with E-state index in [0.29, 0.717) is 5.82 Å². The van der Waals surface area contributed by atoms with Gasteiger partial charge in [0, 0.05) is 29.1 Å². The molecule has 0 amide bonds. The molecule has 0 spiro atoms. The van der Waals surface area contributed by atoms with E-state index in [4.69, 9.17) is 9.97 Å². The van der Waals surface area contributed by atoms with E-state index in [9.17, 15) is 0 Å². The number of aromatic nitrogens is 3. The van der Waals surface area contributed by atoms with Gasteiger partial charge in [0.2, 0.25) is 0 Å². The van der Waals surface area contributed by atoms with Crippen molar-refractivity contribution in [3.63, 3.8) is 0 Å². The van der Waals surface area contributed by atoms with Gasteiger partial charge in [0.05, 0.1) is 11.4 Å². The Labute approximate surface area is 278 Å². The molecule has 0 saturated carbocycles. The van der Waals surface area contributed by atoms with Crippen LogP contribution in [0.1, 0.15) is 0 Å². The molecule has 0 aliphatic carbocycles. The first-order chi connectivity index (χ1) is 23.8. The standard InChI is InChI=1S/C45H29N3/c1-2-9-32(10-3-1)43-29-44(36-12-8-11-34(27-36)31-23-25-46-26-24-31)48-45(47-43)33-19-17-30(18-20-33)35-21-22-41-39-15-5-4-13-37(39)38-14-6-7-16-40(38)42(41)28-35/h1-29H. The molecule has 9 aromatic rings. The average Bonchev–Trinajstić information content (AvgIpc) is 3.18. The van der Waals surface area contributed by atoms with Crippen LogP contribution in [0, 0.1) is 0 Å². The fraction of sp³-hybridized carbons (Fsp3) is 0. The molecular weight excluding hydrogens is 583 g/mol. The smallest absolute Gasteiger partial charge is 0.160 e. The van der Waals surface area contributed by atoms with Crippen LogP contribution in [-0.2, 0) is 0 Å². The van der Waals surface area contributed by atoms with Gasteiger partial charge in [-0.1, -0.05) is 133 Å². The van der Waals surface area contributed by atoms with Gasteiger partial charge in [-0.05, 0) is 84.9 Å². The summed E-state index contributed by atoms with van der Waals surface area (Å²) in [6, 6.07) is 57.9. The topological polar surface area (TPSA) is 38.7 Å². The number of hydrogen-bond donors (Lipinski definition) is 0. The molecule has 224 valence electrons. The van der Waals surface area contributed by atoms with Crippen molar-refractivity contribution in [3.05, 3.63) is 176 Å². The second-order valence-electron chi connectivity index (χ2n) is 12.1. The van der Waals surface area contributed by atoms with Crippen molar-refractivity contribution >= 4 is 32.3 Å². The van der Waals surface area contributed by atoms with E-state index >= 15 is 0 Å². The molecule has 2 aromatic heterocycles. The molecule has 0 N–H and O–H groups in total. The lowest BCUT2D eigenvalue weighted by Crippen LogP contribution is -1.96.